The van der Waals surface area contributed by atoms with Crippen molar-refractivity contribution in [2.75, 3.05) is 37.3 Å². The van der Waals surface area contributed by atoms with Gasteiger partial charge in [0.25, 0.3) is 0 Å². The van der Waals surface area contributed by atoms with Gasteiger partial charge >= 0.3 is 12.1 Å². The summed E-state index contributed by atoms with van der Waals surface area (Å²) in [7, 11) is 1.44. The molecule has 0 aliphatic carbocycles. The van der Waals surface area contributed by atoms with Crippen molar-refractivity contribution in [3.05, 3.63) is 23.8 Å². The molecule has 0 bridgehead atoms. The average molecular weight is 392 g/mol. The molecule has 27 heavy (non-hydrogen) atoms. The molecule has 1 aromatic rings. The summed E-state index contributed by atoms with van der Waals surface area (Å²) in [6.45, 7) is 14.7. The second kappa shape index (κ2) is 11.0. The van der Waals surface area contributed by atoms with E-state index in [2.05, 4.69) is 30.7 Å². The molecule has 6 nitrogen and oxygen atoms in total. The van der Waals surface area contributed by atoms with Crippen molar-refractivity contribution in [1.29, 1.82) is 0 Å². The summed E-state index contributed by atoms with van der Waals surface area (Å²) < 4.78 is 0. The van der Waals surface area contributed by atoms with Crippen LogP contribution in [-0.2, 0) is 0 Å². The monoisotopic (exact) mass is 391 g/mol. The molecule has 1 rings (SSSR count). The van der Waals surface area contributed by atoms with Crippen molar-refractivity contribution in [3.63, 3.8) is 0 Å². The summed E-state index contributed by atoms with van der Waals surface area (Å²) in [6, 6.07) is 6.51. The standard InChI is InChI=1S/C20H35N4O2Si/c1-8-23(5)19(25)22-18-12-17(11-10-16(18)4)21-20(26)24(9-2)13-15(3)14-27(6)7/h10-12,15H,8-9,13-14H2,1-7H3,(H,21,26)(H,22,25). The third-order valence-electron chi connectivity index (χ3n) is 4.51. The molecule has 0 saturated carbocycles. The second-order valence-corrected chi connectivity index (χ2v) is 10.3. The normalized spacial score (nSPS) is 11.9. The number of nitrogens with zero attached hydrogens (tertiary/aromatic N) is 2. The third kappa shape index (κ3) is 7.62. The van der Waals surface area contributed by atoms with Crippen LogP contribution in [0.25, 0.3) is 0 Å². The second-order valence-electron chi connectivity index (χ2n) is 7.46. The Bertz CT molecular complexity index is 636. The molecule has 1 aromatic carbocycles. The number of hydrogen-bond donors (Lipinski definition) is 2. The van der Waals surface area contributed by atoms with Gasteiger partial charge in [0.1, 0.15) is 0 Å². The molecular formula is C20H35N4O2Si. The van der Waals surface area contributed by atoms with Gasteiger partial charge in [0.2, 0.25) is 0 Å². The average Bonchev–Trinajstić information content (AvgIpc) is 2.60. The van der Waals surface area contributed by atoms with E-state index < -0.39 is 0 Å². The molecule has 0 heterocycles. The fraction of sp³-hybridized carbons (Fsp3) is 0.600. The largest absolute Gasteiger partial charge is 0.328 e. The number of anilines is 2. The number of nitrogens with one attached hydrogen (secondary N) is 2. The van der Waals surface area contributed by atoms with Crippen LogP contribution in [0.15, 0.2) is 18.2 Å². The Balaban J connectivity index is 2.80. The molecule has 4 amide bonds. The maximum Gasteiger partial charge on any atom is 0.321 e. The first-order valence-corrected chi connectivity index (χ1v) is 12.4. The Morgan fingerprint density at radius 1 is 1.11 bits per heavy atom. The fourth-order valence-corrected chi connectivity index (χ4v) is 4.41. The highest BCUT2D eigenvalue weighted by Gasteiger charge is 2.17. The summed E-state index contributed by atoms with van der Waals surface area (Å²) in [5.41, 5.74) is 2.34. The van der Waals surface area contributed by atoms with Gasteiger partial charge in [-0.2, -0.15) is 0 Å². The van der Waals surface area contributed by atoms with Crippen LogP contribution in [0.1, 0.15) is 26.3 Å². The van der Waals surface area contributed by atoms with Crippen molar-refractivity contribution in [2.45, 2.75) is 46.8 Å². The molecule has 0 fully saturated rings. The van der Waals surface area contributed by atoms with E-state index in [4.69, 9.17) is 0 Å². The highest BCUT2D eigenvalue weighted by molar-refractivity contribution is 6.55. The fourth-order valence-electron chi connectivity index (χ4n) is 2.88. The zero-order valence-electron chi connectivity index (χ0n) is 17.8. The van der Waals surface area contributed by atoms with Crippen molar-refractivity contribution in [2.24, 2.45) is 5.92 Å². The number of carbonyl (C=O) groups is 2. The summed E-state index contributed by atoms with van der Waals surface area (Å²) in [5, 5.41) is 5.86. The van der Waals surface area contributed by atoms with E-state index in [1.54, 1.807) is 11.9 Å². The predicted molar refractivity (Wildman–Crippen MR) is 116 cm³/mol. The molecule has 1 unspecified atom stereocenters. The summed E-state index contributed by atoms with van der Waals surface area (Å²) >= 11 is 0. The SMILES string of the molecule is CCN(C)C(=O)Nc1cc(NC(=O)N(CC)CC(C)C[Si](C)C)ccc1C. The summed E-state index contributed by atoms with van der Waals surface area (Å²) in [5.74, 6) is 0.497. The van der Waals surface area contributed by atoms with Crippen molar-refractivity contribution in [3.8, 4) is 0 Å². The third-order valence-corrected chi connectivity index (χ3v) is 6.02. The lowest BCUT2D eigenvalue weighted by atomic mass is 10.1. The van der Waals surface area contributed by atoms with Gasteiger partial charge in [0, 0.05) is 46.9 Å². The lowest BCUT2D eigenvalue weighted by Gasteiger charge is -2.26. The zero-order valence-corrected chi connectivity index (χ0v) is 18.8. The van der Waals surface area contributed by atoms with Crippen molar-refractivity contribution < 1.29 is 9.59 Å². The number of amides is 4. The van der Waals surface area contributed by atoms with Crippen LogP contribution in [0.4, 0.5) is 21.0 Å². The van der Waals surface area contributed by atoms with Crippen molar-refractivity contribution >= 4 is 32.2 Å². The Kier molecular flexibility index (Phi) is 9.35. The summed E-state index contributed by atoms with van der Waals surface area (Å²) in [4.78, 5) is 28.2. The van der Waals surface area contributed by atoms with Crippen LogP contribution in [-0.4, -0.2) is 57.3 Å². The molecule has 7 heteroatoms. The highest BCUT2D eigenvalue weighted by Crippen LogP contribution is 2.21. The molecule has 0 spiro atoms. The molecule has 0 aliphatic heterocycles. The Morgan fingerprint density at radius 2 is 1.78 bits per heavy atom. The topological polar surface area (TPSA) is 64.7 Å². The Morgan fingerprint density at radius 3 is 2.33 bits per heavy atom. The van der Waals surface area contributed by atoms with Gasteiger partial charge in [0.15, 0.2) is 0 Å². The molecule has 0 saturated heterocycles. The van der Waals surface area contributed by atoms with Crippen LogP contribution in [0.3, 0.4) is 0 Å². The van der Waals surface area contributed by atoms with Crippen LogP contribution in [0, 0.1) is 12.8 Å². The molecule has 1 radical (unpaired) electrons. The predicted octanol–water partition coefficient (Wildman–Crippen LogP) is 4.72. The molecule has 0 aliphatic rings. The van der Waals surface area contributed by atoms with E-state index in [0.29, 0.717) is 30.4 Å². The van der Waals surface area contributed by atoms with Gasteiger partial charge in [-0.05, 0) is 44.4 Å². The smallest absolute Gasteiger partial charge is 0.321 e. The molecule has 1 atom stereocenters. The molecule has 2 N–H and O–H groups in total. The quantitative estimate of drug-likeness (QED) is 0.630. The highest BCUT2D eigenvalue weighted by atomic mass is 28.3. The first-order chi connectivity index (χ1) is 12.7. The molecule has 151 valence electrons. The van der Waals surface area contributed by atoms with Gasteiger partial charge in [-0.25, -0.2) is 9.59 Å². The minimum absolute atomic E-state index is 0.0999. The van der Waals surface area contributed by atoms with Crippen LogP contribution >= 0.6 is 0 Å². The number of rotatable bonds is 8. The number of carbonyl (C=O) groups excluding carboxylic acids is 2. The van der Waals surface area contributed by atoms with Gasteiger partial charge in [0.05, 0.1) is 0 Å². The van der Waals surface area contributed by atoms with Gasteiger partial charge in [-0.1, -0.05) is 32.1 Å². The van der Waals surface area contributed by atoms with Gasteiger partial charge in [-0.15, -0.1) is 0 Å². The number of benzene rings is 1. The van der Waals surface area contributed by atoms with Crippen LogP contribution in [0.2, 0.25) is 19.1 Å². The van der Waals surface area contributed by atoms with Crippen molar-refractivity contribution in [1.82, 2.24) is 9.80 Å². The van der Waals surface area contributed by atoms with E-state index in [9.17, 15) is 9.59 Å². The zero-order chi connectivity index (χ0) is 20.6. The Hall–Kier alpha value is -2.02. The molecular weight excluding hydrogens is 356 g/mol. The maximum absolute atomic E-state index is 12.7. The maximum atomic E-state index is 12.7. The van der Waals surface area contributed by atoms with Gasteiger partial charge in [-0.3, -0.25) is 0 Å². The molecule has 0 aromatic heterocycles. The lowest BCUT2D eigenvalue weighted by molar-refractivity contribution is 0.207. The van der Waals surface area contributed by atoms with E-state index in [1.165, 1.54) is 6.04 Å². The number of urea groups is 2. The van der Waals surface area contributed by atoms with E-state index >= 15 is 0 Å². The first-order valence-electron chi connectivity index (χ1n) is 9.65. The first kappa shape index (κ1) is 23.0. The minimum atomic E-state index is -0.304. The van der Waals surface area contributed by atoms with E-state index in [0.717, 1.165) is 12.1 Å². The summed E-state index contributed by atoms with van der Waals surface area (Å²) in [6.07, 6.45) is 0. The number of aryl methyl sites for hydroxylation is 1. The number of hydrogen-bond acceptors (Lipinski definition) is 2. The Labute approximate surface area is 165 Å². The minimum Gasteiger partial charge on any atom is -0.328 e. The van der Waals surface area contributed by atoms with E-state index in [1.807, 2.05) is 43.9 Å². The van der Waals surface area contributed by atoms with Crippen LogP contribution < -0.4 is 10.6 Å². The van der Waals surface area contributed by atoms with E-state index in [-0.39, 0.29) is 20.9 Å². The van der Waals surface area contributed by atoms with Crippen LogP contribution in [0.5, 0.6) is 0 Å². The van der Waals surface area contributed by atoms with Gasteiger partial charge < -0.3 is 20.4 Å². The lowest BCUT2D eigenvalue weighted by Crippen LogP contribution is -2.38.